The Bertz CT molecular complexity index is 672. The Labute approximate surface area is 124 Å². The van der Waals surface area contributed by atoms with Gasteiger partial charge in [-0.2, -0.15) is 0 Å². The summed E-state index contributed by atoms with van der Waals surface area (Å²) in [6.45, 7) is 2.02. The molecule has 2 aromatic rings. The zero-order valence-corrected chi connectivity index (χ0v) is 12.6. The van der Waals surface area contributed by atoms with Crippen molar-refractivity contribution in [1.29, 1.82) is 0 Å². The molecule has 0 radical (unpaired) electrons. The molecule has 0 saturated heterocycles. The number of hydrogen-bond acceptors (Lipinski definition) is 3. The standard InChI is InChI=1S/C16H22N4O/c1-3-4-12(17)16(21)18-11-7-8-14-13(9-11)19-15(20(14)2)10-5-6-10/h7-10,12H,3-6,17H2,1-2H3,(H,18,21). The highest BCUT2D eigenvalue weighted by atomic mass is 16.2. The van der Waals surface area contributed by atoms with Crippen LogP contribution in [0, 0.1) is 0 Å². The minimum atomic E-state index is -0.448. The van der Waals surface area contributed by atoms with Gasteiger partial charge in [-0.15, -0.1) is 0 Å². The van der Waals surface area contributed by atoms with E-state index in [0.29, 0.717) is 12.3 Å². The molecule has 1 aliphatic carbocycles. The molecule has 1 aromatic carbocycles. The fraction of sp³-hybridized carbons (Fsp3) is 0.500. The second-order valence-electron chi connectivity index (χ2n) is 5.89. The van der Waals surface area contributed by atoms with E-state index < -0.39 is 6.04 Å². The maximum Gasteiger partial charge on any atom is 0.241 e. The van der Waals surface area contributed by atoms with Crippen LogP contribution in [0.3, 0.4) is 0 Å². The lowest BCUT2D eigenvalue weighted by molar-refractivity contribution is -0.117. The molecule has 3 N–H and O–H groups in total. The zero-order chi connectivity index (χ0) is 15.0. The van der Waals surface area contributed by atoms with Crippen molar-refractivity contribution in [3.63, 3.8) is 0 Å². The van der Waals surface area contributed by atoms with E-state index in [1.807, 2.05) is 25.1 Å². The van der Waals surface area contributed by atoms with Crippen LogP contribution in [0.15, 0.2) is 18.2 Å². The summed E-state index contributed by atoms with van der Waals surface area (Å²) in [7, 11) is 2.05. The molecule has 0 spiro atoms. The Balaban J connectivity index is 1.82. The van der Waals surface area contributed by atoms with Crippen molar-refractivity contribution >= 4 is 22.6 Å². The summed E-state index contributed by atoms with van der Waals surface area (Å²) in [5.74, 6) is 1.63. The Morgan fingerprint density at radius 1 is 1.52 bits per heavy atom. The number of aryl methyl sites for hydroxylation is 1. The van der Waals surface area contributed by atoms with Crippen LogP contribution in [-0.2, 0) is 11.8 Å². The normalized spacial score (nSPS) is 16.1. The number of benzene rings is 1. The molecule has 0 bridgehead atoms. The van der Waals surface area contributed by atoms with Gasteiger partial charge in [-0.1, -0.05) is 13.3 Å². The SMILES string of the molecule is CCCC(N)C(=O)Nc1ccc2c(c1)nc(C1CC1)n2C. The smallest absolute Gasteiger partial charge is 0.241 e. The quantitative estimate of drug-likeness (QED) is 0.887. The number of nitrogens with one attached hydrogen (secondary N) is 1. The molecule has 1 aliphatic rings. The topological polar surface area (TPSA) is 72.9 Å². The van der Waals surface area contributed by atoms with E-state index in [2.05, 4.69) is 16.9 Å². The lowest BCUT2D eigenvalue weighted by atomic mass is 10.1. The Hall–Kier alpha value is -1.88. The molecule has 1 unspecified atom stereocenters. The predicted octanol–water partition coefficient (Wildman–Crippen LogP) is 2.52. The first-order valence-corrected chi connectivity index (χ1v) is 7.63. The maximum atomic E-state index is 12.0. The number of hydrogen-bond donors (Lipinski definition) is 2. The van der Waals surface area contributed by atoms with Crippen molar-refractivity contribution in [3.05, 3.63) is 24.0 Å². The monoisotopic (exact) mass is 286 g/mol. The van der Waals surface area contributed by atoms with Crippen molar-refractivity contribution in [2.75, 3.05) is 5.32 Å². The lowest BCUT2D eigenvalue weighted by Gasteiger charge is -2.11. The number of fused-ring (bicyclic) bond motifs is 1. The van der Waals surface area contributed by atoms with Gasteiger partial charge in [0.1, 0.15) is 5.82 Å². The van der Waals surface area contributed by atoms with Crippen LogP contribution < -0.4 is 11.1 Å². The van der Waals surface area contributed by atoms with Crippen LogP contribution >= 0.6 is 0 Å². The van der Waals surface area contributed by atoms with Gasteiger partial charge < -0.3 is 15.6 Å². The number of anilines is 1. The first-order valence-electron chi connectivity index (χ1n) is 7.63. The number of carbonyl (C=O) groups excluding carboxylic acids is 1. The van der Waals surface area contributed by atoms with E-state index in [4.69, 9.17) is 10.7 Å². The molecule has 5 nitrogen and oxygen atoms in total. The van der Waals surface area contributed by atoms with Gasteiger partial charge in [0.2, 0.25) is 5.91 Å². The third-order valence-electron chi connectivity index (χ3n) is 4.06. The highest BCUT2D eigenvalue weighted by Crippen LogP contribution is 2.40. The lowest BCUT2D eigenvalue weighted by Crippen LogP contribution is -2.35. The summed E-state index contributed by atoms with van der Waals surface area (Å²) in [5, 5.41) is 2.88. The van der Waals surface area contributed by atoms with Gasteiger partial charge in [0, 0.05) is 18.7 Å². The molecule has 1 aromatic heterocycles. The van der Waals surface area contributed by atoms with Crippen molar-refractivity contribution in [1.82, 2.24) is 9.55 Å². The first kappa shape index (κ1) is 14.1. The van der Waals surface area contributed by atoms with Crippen LogP contribution in [0.25, 0.3) is 11.0 Å². The van der Waals surface area contributed by atoms with Crippen molar-refractivity contribution < 1.29 is 4.79 Å². The summed E-state index contributed by atoms with van der Waals surface area (Å²) in [5.41, 5.74) is 8.63. The van der Waals surface area contributed by atoms with Gasteiger partial charge >= 0.3 is 0 Å². The molecule has 1 saturated carbocycles. The average Bonchev–Trinajstić information content (AvgIpc) is 3.24. The van der Waals surface area contributed by atoms with E-state index in [0.717, 1.165) is 29.0 Å². The van der Waals surface area contributed by atoms with Crippen LogP contribution in [0.5, 0.6) is 0 Å². The summed E-state index contributed by atoms with van der Waals surface area (Å²) in [6.07, 6.45) is 4.06. The molecule has 21 heavy (non-hydrogen) atoms. The molecule has 0 aliphatic heterocycles. The highest BCUT2D eigenvalue weighted by Gasteiger charge is 2.28. The van der Waals surface area contributed by atoms with Gasteiger partial charge in [-0.25, -0.2) is 4.98 Å². The molecule has 1 amide bonds. The number of aromatic nitrogens is 2. The van der Waals surface area contributed by atoms with Gasteiger partial charge in [0.25, 0.3) is 0 Å². The first-order chi connectivity index (χ1) is 10.1. The third kappa shape index (κ3) is 2.78. The number of nitrogens with zero attached hydrogens (tertiary/aromatic N) is 2. The summed E-state index contributed by atoms with van der Waals surface area (Å²) >= 11 is 0. The number of rotatable bonds is 5. The van der Waals surface area contributed by atoms with Crippen LogP contribution in [0.4, 0.5) is 5.69 Å². The molecular weight excluding hydrogens is 264 g/mol. The largest absolute Gasteiger partial charge is 0.331 e. The number of nitrogens with two attached hydrogens (primary N) is 1. The zero-order valence-electron chi connectivity index (χ0n) is 12.6. The second-order valence-corrected chi connectivity index (χ2v) is 5.89. The minimum Gasteiger partial charge on any atom is -0.331 e. The van der Waals surface area contributed by atoms with Crippen molar-refractivity contribution in [2.24, 2.45) is 12.8 Å². The van der Waals surface area contributed by atoms with Crippen molar-refractivity contribution in [2.45, 2.75) is 44.6 Å². The summed E-state index contributed by atoms with van der Waals surface area (Å²) in [6, 6.07) is 5.40. The molecule has 3 rings (SSSR count). The minimum absolute atomic E-state index is 0.130. The third-order valence-corrected chi connectivity index (χ3v) is 4.06. The van der Waals surface area contributed by atoms with Crippen LogP contribution in [0.2, 0.25) is 0 Å². The van der Waals surface area contributed by atoms with E-state index >= 15 is 0 Å². The Morgan fingerprint density at radius 2 is 2.29 bits per heavy atom. The Kier molecular flexibility index (Phi) is 3.68. The number of carbonyl (C=O) groups is 1. The molecular formula is C16H22N4O. The highest BCUT2D eigenvalue weighted by molar-refractivity contribution is 5.96. The van der Waals surface area contributed by atoms with E-state index in [9.17, 15) is 4.79 Å². The average molecular weight is 286 g/mol. The van der Waals surface area contributed by atoms with Crippen LogP contribution in [-0.4, -0.2) is 21.5 Å². The molecule has 112 valence electrons. The van der Waals surface area contributed by atoms with Gasteiger partial charge in [-0.3, -0.25) is 4.79 Å². The molecule has 1 atom stereocenters. The fourth-order valence-electron chi connectivity index (χ4n) is 2.68. The fourth-order valence-corrected chi connectivity index (χ4v) is 2.68. The van der Waals surface area contributed by atoms with Gasteiger partial charge in [0.05, 0.1) is 17.1 Å². The van der Waals surface area contributed by atoms with E-state index in [1.54, 1.807) is 0 Å². The molecule has 1 fully saturated rings. The van der Waals surface area contributed by atoms with Crippen LogP contribution in [0.1, 0.15) is 44.3 Å². The summed E-state index contributed by atoms with van der Waals surface area (Å²) < 4.78 is 2.15. The summed E-state index contributed by atoms with van der Waals surface area (Å²) in [4.78, 5) is 16.7. The number of imidazole rings is 1. The predicted molar refractivity (Wildman–Crippen MR) is 84.2 cm³/mol. The maximum absolute atomic E-state index is 12.0. The second kappa shape index (κ2) is 5.48. The Morgan fingerprint density at radius 3 is 2.95 bits per heavy atom. The van der Waals surface area contributed by atoms with Gasteiger partial charge in [-0.05, 0) is 37.5 Å². The van der Waals surface area contributed by atoms with E-state index in [1.165, 1.54) is 12.8 Å². The number of amides is 1. The van der Waals surface area contributed by atoms with Gasteiger partial charge in [0.15, 0.2) is 0 Å². The molecule has 1 heterocycles. The van der Waals surface area contributed by atoms with E-state index in [-0.39, 0.29) is 5.91 Å². The van der Waals surface area contributed by atoms with Crippen molar-refractivity contribution in [3.8, 4) is 0 Å². The molecule has 5 heteroatoms.